The van der Waals surface area contributed by atoms with E-state index in [1.54, 1.807) is 29.2 Å². The van der Waals surface area contributed by atoms with Crippen molar-refractivity contribution in [3.63, 3.8) is 0 Å². The number of hydrogen-bond acceptors (Lipinski definition) is 4. The Kier molecular flexibility index (Phi) is 5.80. The number of rotatable bonds is 4. The summed E-state index contributed by atoms with van der Waals surface area (Å²) in [5, 5.41) is 0.614. The van der Waals surface area contributed by atoms with E-state index in [2.05, 4.69) is 0 Å². The average molecular weight is 326 g/mol. The lowest BCUT2D eigenvalue weighted by Crippen LogP contribution is -2.49. The van der Waals surface area contributed by atoms with Crippen molar-refractivity contribution in [2.45, 2.75) is 32.5 Å². The van der Waals surface area contributed by atoms with Crippen LogP contribution in [0.4, 0.5) is 0 Å². The number of hydrogen-bond donors (Lipinski definition) is 0. The van der Waals surface area contributed by atoms with Crippen LogP contribution in [0.5, 0.6) is 0 Å². The van der Waals surface area contributed by atoms with Gasteiger partial charge in [0.05, 0.1) is 18.6 Å². The van der Waals surface area contributed by atoms with Crippen molar-refractivity contribution in [2.75, 3.05) is 19.7 Å². The van der Waals surface area contributed by atoms with E-state index in [1.165, 1.54) is 0 Å². The lowest BCUT2D eigenvalue weighted by atomic mass is 10.1. The number of ether oxygens (including phenoxy) is 2. The van der Waals surface area contributed by atoms with Crippen molar-refractivity contribution in [1.82, 2.24) is 4.90 Å². The monoisotopic (exact) mass is 325 g/mol. The minimum atomic E-state index is -0.426. The standard InChI is InChI=1S/C16H20ClNO4/c1-11-8-18(9-12(2)22-11)15(19)10-21-16(20)7-13-3-5-14(17)6-4-13/h3-6,11-12H,7-10H2,1-2H3/t11-,12-/m1/s1. The Morgan fingerprint density at radius 1 is 1.23 bits per heavy atom. The predicted molar refractivity (Wildman–Crippen MR) is 82.7 cm³/mol. The zero-order valence-corrected chi connectivity index (χ0v) is 13.5. The first-order valence-electron chi connectivity index (χ1n) is 7.27. The average Bonchev–Trinajstić information content (AvgIpc) is 2.46. The Hall–Kier alpha value is -1.59. The molecule has 0 unspecified atom stereocenters. The van der Waals surface area contributed by atoms with Gasteiger partial charge < -0.3 is 14.4 Å². The molecule has 0 aliphatic carbocycles. The van der Waals surface area contributed by atoms with Crippen molar-refractivity contribution >= 4 is 23.5 Å². The number of amides is 1. The third-order valence-electron chi connectivity index (χ3n) is 3.39. The number of benzene rings is 1. The maximum absolute atomic E-state index is 12.1. The summed E-state index contributed by atoms with van der Waals surface area (Å²) in [6.07, 6.45) is 0.121. The predicted octanol–water partition coefficient (Wildman–Crippen LogP) is 2.06. The van der Waals surface area contributed by atoms with E-state index in [0.717, 1.165) is 5.56 Å². The molecule has 1 heterocycles. The number of carbonyl (C=O) groups is 2. The van der Waals surface area contributed by atoms with Gasteiger partial charge in [-0.25, -0.2) is 0 Å². The van der Waals surface area contributed by atoms with E-state index in [1.807, 2.05) is 13.8 Å². The Bertz CT molecular complexity index is 521. The molecule has 2 rings (SSSR count). The molecule has 0 saturated carbocycles. The molecule has 1 aliphatic heterocycles. The van der Waals surface area contributed by atoms with Gasteiger partial charge in [0.2, 0.25) is 0 Å². The van der Waals surface area contributed by atoms with E-state index in [-0.39, 0.29) is 31.1 Å². The smallest absolute Gasteiger partial charge is 0.310 e. The van der Waals surface area contributed by atoms with Gasteiger partial charge in [0, 0.05) is 18.1 Å². The van der Waals surface area contributed by atoms with Crippen LogP contribution in [0, 0.1) is 0 Å². The number of halogens is 1. The van der Waals surface area contributed by atoms with E-state index >= 15 is 0 Å². The maximum Gasteiger partial charge on any atom is 0.310 e. The summed E-state index contributed by atoms with van der Waals surface area (Å²) in [5.74, 6) is -0.614. The lowest BCUT2D eigenvalue weighted by Gasteiger charge is -2.35. The van der Waals surface area contributed by atoms with E-state index in [4.69, 9.17) is 21.1 Å². The van der Waals surface area contributed by atoms with E-state index in [9.17, 15) is 9.59 Å². The number of morpholine rings is 1. The first kappa shape index (κ1) is 16.8. The fourth-order valence-electron chi connectivity index (χ4n) is 2.44. The fourth-order valence-corrected chi connectivity index (χ4v) is 2.56. The van der Waals surface area contributed by atoms with Gasteiger partial charge in [-0.3, -0.25) is 9.59 Å². The fraction of sp³-hybridized carbons (Fsp3) is 0.500. The second-order valence-corrected chi connectivity index (χ2v) is 5.96. The first-order valence-corrected chi connectivity index (χ1v) is 7.65. The molecule has 120 valence electrons. The first-order chi connectivity index (χ1) is 10.4. The highest BCUT2D eigenvalue weighted by Gasteiger charge is 2.26. The summed E-state index contributed by atoms with van der Waals surface area (Å²) < 4.78 is 10.6. The second kappa shape index (κ2) is 7.61. The summed E-state index contributed by atoms with van der Waals surface area (Å²) in [5.41, 5.74) is 0.801. The molecule has 1 fully saturated rings. The molecular weight excluding hydrogens is 306 g/mol. The summed E-state index contributed by atoms with van der Waals surface area (Å²) >= 11 is 5.78. The van der Waals surface area contributed by atoms with Crippen molar-refractivity contribution in [2.24, 2.45) is 0 Å². The minimum absolute atomic E-state index is 0.00234. The van der Waals surface area contributed by atoms with Gasteiger partial charge in [-0.05, 0) is 31.5 Å². The van der Waals surface area contributed by atoms with Crippen LogP contribution in [0.15, 0.2) is 24.3 Å². The number of esters is 1. The van der Waals surface area contributed by atoms with Crippen molar-refractivity contribution < 1.29 is 19.1 Å². The molecule has 22 heavy (non-hydrogen) atoms. The van der Waals surface area contributed by atoms with Crippen LogP contribution in [-0.2, 0) is 25.5 Å². The van der Waals surface area contributed by atoms with Gasteiger partial charge in [0.25, 0.3) is 5.91 Å². The molecule has 1 aromatic carbocycles. The molecule has 0 spiro atoms. The van der Waals surface area contributed by atoms with Crippen LogP contribution in [0.3, 0.4) is 0 Å². The molecule has 1 aromatic rings. The highest BCUT2D eigenvalue weighted by atomic mass is 35.5. The van der Waals surface area contributed by atoms with Gasteiger partial charge in [0.15, 0.2) is 6.61 Å². The minimum Gasteiger partial charge on any atom is -0.455 e. The quantitative estimate of drug-likeness (QED) is 0.795. The van der Waals surface area contributed by atoms with Crippen LogP contribution in [0.1, 0.15) is 19.4 Å². The highest BCUT2D eigenvalue weighted by molar-refractivity contribution is 6.30. The second-order valence-electron chi connectivity index (χ2n) is 5.52. The zero-order chi connectivity index (χ0) is 16.1. The Morgan fingerprint density at radius 2 is 1.82 bits per heavy atom. The summed E-state index contributed by atoms with van der Waals surface area (Å²) in [6, 6.07) is 6.95. The van der Waals surface area contributed by atoms with E-state index in [0.29, 0.717) is 18.1 Å². The number of nitrogens with zero attached hydrogens (tertiary/aromatic N) is 1. The largest absolute Gasteiger partial charge is 0.455 e. The Labute approximate surface area is 135 Å². The molecule has 1 saturated heterocycles. The van der Waals surface area contributed by atoms with Crippen molar-refractivity contribution in [1.29, 1.82) is 0 Å². The molecule has 0 radical (unpaired) electrons. The molecular formula is C16H20ClNO4. The third-order valence-corrected chi connectivity index (χ3v) is 3.64. The molecule has 1 aliphatic rings. The summed E-state index contributed by atoms with van der Waals surface area (Å²) in [7, 11) is 0. The Morgan fingerprint density at radius 3 is 2.41 bits per heavy atom. The van der Waals surface area contributed by atoms with Gasteiger partial charge >= 0.3 is 5.97 Å². The van der Waals surface area contributed by atoms with Crippen molar-refractivity contribution in [3.05, 3.63) is 34.9 Å². The van der Waals surface area contributed by atoms with E-state index < -0.39 is 5.97 Å². The summed E-state index contributed by atoms with van der Waals surface area (Å²) in [6.45, 7) is 4.66. The van der Waals surface area contributed by atoms with Gasteiger partial charge in [-0.15, -0.1) is 0 Å². The van der Waals surface area contributed by atoms with Crippen LogP contribution >= 0.6 is 11.6 Å². The summed E-state index contributed by atoms with van der Waals surface area (Å²) in [4.78, 5) is 25.5. The van der Waals surface area contributed by atoms with Gasteiger partial charge in [-0.1, -0.05) is 23.7 Å². The lowest BCUT2D eigenvalue weighted by molar-refractivity contribution is -0.156. The van der Waals surface area contributed by atoms with Crippen molar-refractivity contribution in [3.8, 4) is 0 Å². The van der Waals surface area contributed by atoms with Crippen LogP contribution in [0.25, 0.3) is 0 Å². The molecule has 5 nitrogen and oxygen atoms in total. The van der Waals surface area contributed by atoms with Crippen LogP contribution in [0.2, 0.25) is 5.02 Å². The molecule has 6 heteroatoms. The molecule has 0 aromatic heterocycles. The molecule has 0 bridgehead atoms. The maximum atomic E-state index is 12.1. The highest BCUT2D eigenvalue weighted by Crippen LogP contribution is 2.12. The van der Waals surface area contributed by atoms with Crippen LogP contribution < -0.4 is 0 Å². The normalized spacial score (nSPS) is 21.5. The Balaban J connectivity index is 1.78. The molecule has 1 amide bonds. The van der Waals surface area contributed by atoms with Gasteiger partial charge in [0.1, 0.15) is 0 Å². The number of carbonyl (C=O) groups excluding carboxylic acids is 2. The molecule has 2 atom stereocenters. The van der Waals surface area contributed by atoms with Crippen LogP contribution in [-0.4, -0.2) is 48.7 Å². The third kappa shape index (κ3) is 5.00. The van der Waals surface area contributed by atoms with Gasteiger partial charge in [-0.2, -0.15) is 0 Å². The zero-order valence-electron chi connectivity index (χ0n) is 12.8. The molecule has 0 N–H and O–H groups in total. The SMILES string of the molecule is C[C@@H]1CN(C(=O)COC(=O)Cc2ccc(Cl)cc2)C[C@@H](C)O1. The topological polar surface area (TPSA) is 55.8 Å².